The normalized spacial score (nSPS) is 19.5. The first-order valence-electron chi connectivity index (χ1n) is 3.49. The van der Waals surface area contributed by atoms with E-state index in [4.69, 9.17) is 0 Å². The second kappa shape index (κ2) is 3.06. The second-order valence-corrected chi connectivity index (χ2v) is 3.40. The van der Waals surface area contributed by atoms with Gasteiger partial charge in [-0.2, -0.15) is 5.10 Å². The molecule has 13 heavy (non-hydrogen) atoms. The molecule has 1 saturated heterocycles. The first kappa shape index (κ1) is 8.06. The summed E-state index contributed by atoms with van der Waals surface area (Å²) in [4.78, 5) is 22.2. The van der Waals surface area contributed by atoms with Crippen molar-refractivity contribution >= 4 is 29.0 Å². The van der Waals surface area contributed by atoms with Gasteiger partial charge in [-0.05, 0) is 17.8 Å². The molecule has 1 aromatic heterocycles. The van der Waals surface area contributed by atoms with E-state index in [0.717, 1.165) is 17.3 Å². The highest BCUT2D eigenvalue weighted by Gasteiger charge is 2.24. The molecular formula is C7H5N3O2S. The van der Waals surface area contributed by atoms with Crippen molar-refractivity contribution in [2.45, 2.75) is 0 Å². The Hall–Kier alpha value is -1.56. The predicted octanol–water partition coefficient (Wildman–Crippen LogP) is 0.734. The average Bonchev–Trinajstić information content (AvgIpc) is 2.63. The Morgan fingerprint density at radius 3 is 2.85 bits per heavy atom. The third kappa shape index (κ3) is 1.62. The minimum Gasteiger partial charge on any atom is -0.285 e. The third-order valence-electron chi connectivity index (χ3n) is 1.46. The highest BCUT2D eigenvalue weighted by molar-refractivity contribution is 8.18. The summed E-state index contributed by atoms with van der Waals surface area (Å²) in [6, 6.07) is 0. The lowest BCUT2D eigenvalue weighted by atomic mass is 10.3. The predicted molar refractivity (Wildman–Crippen MR) is 47.7 cm³/mol. The van der Waals surface area contributed by atoms with Gasteiger partial charge in [0.05, 0.1) is 11.1 Å². The van der Waals surface area contributed by atoms with E-state index in [-0.39, 0.29) is 11.1 Å². The molecule has 5 nitrogen and oxygen atoms in total. The van der Waals surface area contributed by atoms with E-state index < -0.39 is 0 Å². The zero-order valence-corrected chi connectivity index (χ0v) is 7.22. The van der Waals surface area contributed by atoms with Crippen LogP contribution in [-0.4, -0.2) is 21.3 Å². The van der Waals surface area contributed by atoms with E-state index in [1.54, 1.807) is 18.5 Å². The number of aromatic amines is 1. The van der Waals surface area contributed by atoms with Crippen molar-refractivity contribution in [1.29, 1.82) is 0 Å². The van der Waals surface area contributed by atoms with Crippen molar-refractivity contribution < 1.29 is 9.59 Å². The number of rotatable bonds is 1. The number of carbonyl (C=O) groups is 2. The molecule has 0 spiro atoms. The Morgan fingerprint density at radius 2 is 2.31 bits per heavy atom. The Bertz CT molecular complexity index is 382. The van der Waals surface area contributed by atoms with Crippen LogP contribution in [0.15, 0.2) is 17.3 Å². The highest BCUT2D eigenvalue weighted by atomic mass is 32.2. The van der Waals surface area contributed by atoms with Crippen LogP contribution in [0.25, 0.3) is 6.08 Å². The summed E-state index contributed by atoms with van der Waals surface area (Å²) in [7, 11) is 0. The number of nitrogens with zero attached hydrogens (tertiary/aromatic N) is 1. The van der Waals surface area contributed by atoms with Gasteiger partial charge in [-0.1, -0.05) is 0 Å². The fourth-order valence-electron chi connectivity index (χ4n) is 0.912. The molecule has 0 saturated carbocycles. The molecule has 66 valence electrons. The minimum atomic E-state index is -0.351. The van der Waals surface area contributed by atoms with Crippen LogP contribution in [0.1, 0.15) is 5.56 Å². The molecular weight excluding hydrogens is 190 g/mol. The number of nitrogens with one attached hydrogen (secondary N) is 2. The maximum Gasteiger partial charge on any atom is 0.290 e. The molecule has 1 aliphatic rings. The topological polar surface area (TPSA) is 74.8 Å². The van der Waals surface area contributed by atoms with Gasteiger partial charge < -0.3 is 0 Å². The summed E-state index contributed by atoms with van der Waals surface area (Å²) in [5.41, 5.74) is 0.771. The van der Waals surface area contributed by atoms with E-state index in [0.29, 0.717) is 4.91 Å². The fraction of sp³-hybridized carbons (Fsp3) is 0. The van der Waals surface area contributed by atoms with Crippen LogP contribution in [-0.2, 0) is 4.79 Å². The van der Waals surface area contributed by atoms with Gasteiger partial charge in [0.15, 0.2) is 0 Å². The van der Waals surface area contributed by atoms with Crippen molar-refractivity contribution in [2.75, 3.05) is 0 Å². The zero-order chi connectivity index (χ0) is 9.26. The molecule has 0 bridgehead atoms. The third-order valence-corrected chi connectivity index (χ3v) is 2.27. The van der Waals surface area contributed by atoms with Gasteiger partial charge in [-0.15, -0.1) is 0 Å². The van der Waals surface area contributed by atoms with Gasteiger partial charge in [-0.3, -0.25) is 20.0 Å². The molecule has 2 heterocycles. The second-order valence-electron chi connectivity index (χ2n) is 2.38. The largest absolute Gasteiger partial charge is 0.290 e. The molecule has 1 aromatic rings. The van der Waals surface area contributed by atoms with Crippen LogP contribution in [0, 0.1) is 0 Å². The van der Waals surface area contributed by atoms with E-state index in [1.807, 2.05) is 0 Å². The zero-order valence-electron chi connectivity index (χ0n) is 6.40. The number of carbonyl (C=O) groups excluding carboxylic acids is 2. The molecule has 0 radical (unpaired) electrons. The summed E-state index contributed by atoms with van der Waals surface area (Å²) < 4.78 is 0. The molecule has 0 aliphatic carbocycles. The van der Waals surface area contributed by atoms with Crippen LogP contribution in [0.5, 0.6) is 0 Å². The molecule has 1 fully saturated rings. The molecule has 2 N–H and O–H groups in total. The lowest BCUT2D eigenvalue weighted by molar-refractivity contribution is -0.115. The van der Waals surface area contributed by atoms with E-state index in [9.17, 15) is 9.59 Å². The molecule has 2 amide bonds. The summed E-state index contributed by atoms with van der Waals surface area (Å²) in [5.74, 6) is -0.351. The summed E-state index contributed by atoms with van der Waals surface area (Å²) in [6.45, 7) is 0. The van der Waals surface area contributed by atoms with Gasteiger partial charge in [-0.25, -0.2) is 0 Å². The molecule has 6 heteroatoms. The number of aromatic nitrogens is 2. The van der Waals surface area contributed by atoms with Crippen molar-refractivity contribution in [3.63, 3.8) is 0 Å². The van der Waals surface area contributed by atoms with Crippen LogP contribution in [0.2, 0.25) is 0 Å². The Kier molecular flexibility index (Phi) is 1.90. The summed E-state index contributed by atoms with van der Waals surface area (Å²) >= 11 is 0.892. The average molecular weight is 195 g/mol. The van der Waals surface area contributed by atoms with E-state index >= 15 is 0 Å². The number of hydrogen-bond donors (Lipinski definition) is 2. The number of imide groups is 1. The molecule has 0 unspecified atom stereocenters. The Morgan fingerprint density at radius 1 is 1.46 bits per heavy atom. The Labute approximate surface area is 77.6 Å². The van der Waals surface area contributed by atoms with E-state index in [2.05, 4.69) is 15.5 Å². The van der Waals surface area contributed by atoms with Gasteiger partial charge >= 0.3 is 0 Å². The number of amides is 2. The molecule has 2 rings (SSSR count). The maximum absolute atomic E-state index is 11.1. The van der Waals surface area contributed by atoms with Gasteiger partial charge in [0, 0.05) is 11.8 Å². The van der Waals surface area contributed by atoms with Crippen LogP contribution in [0.3, 0.4) is 0 Å². The fourth-order valence-corrected chi connectivity index (χ4v) is 1.59. The van der Waals surface area contributed by atoms with Crippen LogP contribution in [0.4, 0.5) is 4.79 Å². The quantitative estimate of drug-likeness (QED) is 0.648. The SMILES string of the molecule is O=C1NC(=O)C(=Cc2cn[nH]c2)S1. The van der Waals surface area contributed by atoms with Gasteiger partial charge in [0.2, 0.25) is 0 Å². The number of thioether (sulfide) groups is 1. The Balaban J connectivity index is 2.27. The van der Waals surface area contributed by atoms with Gasteiger partial charge in [0.1, 0.15) is 0 Å². The lowest BCUT2D eigenvalue weighted by Gasteiger charge is -1.86. The van der Waals surface area contributed by atoms with Crippen molar-refractivity contribution in [3.05, 3.63) is 22.9 Å². The first-order chi connectivity index (χ1) is 6.25. The molecule has 0 atom stereocenters. The smallest absolute Gasteiger partial charge is 0.285 e. The van der Waals surface area contributed by atoms with Crippen LogP contribution >= 0.6 is 11.8 Å². The van der Waals surface area contributed by atoms with Crippen molar-refractivity contribution in [1.82, 2.24) is 15.5 Å². The summed E-state index contributed by atoms with van der Waals surface area (Å²) in [6.07, 6.45) is 4.82. The lowest BCUT2D eigenvalue weighted by Crippen LogP contribution is -2.17. The first-order valence-corrected chi connectivity index (χ1v) is 4.31. The molecule has 1 aliphatic heterocycles. The van der Waals surface area contributed by atoms with E-state index in [1.165, 1.54) is 0 Å². The van der Waals surface area contributed by atoms with Crippen LogP contribution < -0.4 is 5.32 Å². The number of H-pyrrole nitrogens is 1. The highest BCUT2D eigenvalue weighted by Crippen LogP contribution is 2.24. The number of hydrogen-bond acceptors (Lipinski definition) is 4. The summed E-state index contributed by atoms with van der Waals surface area (Å²) in [5, 5.41) is 8.15. The monoisotopic (exact) mass is 195 g/mol. The maximum atomic E-state index is 11.1. The standard InChI is InChI=1S/C7H5N3O2S/c11-6-5(13-7(12)10-6)1-4-2-8-9-3-4/h1-3H,(H,8,9)(H,10,11,12). The van der Waals surface area contributed by atoms with Gasteiger partial charge in [0.25, 0.3) is 11.1 Å². The van der Waals surface area contributed by atoms with Crippen molar-refractivity contribution in [3.8, 4) is 0 Å². The minimum absolute atomic E-state index is 0.334. The van der Waals surface area contributed by atoms with Crippen molar-refractivity contribution in [2.24, 2.45) is 0 Å². The molecule has 0 aromatic carbocycles.